The van der Waals surface area contributed by atoms with Gasteiger partial charge in [0, 0.05) is 5.92 Å². The van der Waals surface area contributed by atoms with Crippen molar-refractivity contribution in [3.63, 3.8) is 0 Å². The zero-order valence-electron chi connectivity index (χ0n) is 22.4. The predicted molar refractivity (Wildman–Crippen MR) is 136 cm³/mol. The average Bonchev–Trinajstić information content (AvgIpc) is 3.17. The van der Waals surface area contributed by atoms with Crippen LogP contribution in [0.3, 0.4) is 0 Å². The SMILES string of the molecule is C[C@H](CCC(O)C(CO)COS(=O)(=O)O)[C@H]1CC[C@H]2[C@@H]3[C@H](O)C[C@@H]4C[C@H](O)CC[C@]4(C)[C@H]3C[C@H](O)[C@]12C. The van der Waals surface area contributed by atoms with Gasteiger partial charge < -0.3 is 25.5 Å². The van der Waals surface area contributed by atoms with Crippen LogP contribution in [0.2, 0.25) is 0 Å². The van der Waals surface area contributed by atoms with Gasteiger partial charge in [0.25, 0.3) is 0 Å². The molecule has 10 heteroatoms. The second-order valence-corrected chi connectivity index (χ2v) is 14.4. The zero-order chi connectivity index (χ0) is 27.3. The number of aliphatic hydroxyl groups excluding tert-OH is 5. The van der Waals surface area contributed by atoms with Gasteiger partial charge in [-0.25, -0.2) is 4.18 Å². The van der Waals surface area contributed by atoms with Crippen molar-refractivity contribution in [2.45, 2.75) is 103 Å². The van der Waals surface area contributed by atoms with Gasteiger partial charge in [-0.15, -0.1) is 0 Å². The molecule has 4 saturated carbocycles. The smallest absolute Gasteiger partial charge is 0.396 e. The van der Waals surface area contributed by atoms with Crippen molar-refractivity contribution >= 4 is 10.4 Å². The van der Waals surface area contributed by atoms with E-state index in [4.69, 9.17) is 4.55 Å². The molecule has 0 aromatic rings. The molecule has 4 fully saturated rings. The minimum Gasteiger partial charge on any atom is -0.396 e. The molecule has 4 rings (SSSR count). The summed E-state index contributed by atoms with van der Waals surface area (Å²) < 4.78 is 34.9. The summed E-state index contributed by atoms with van der Waals surface area (Å²) in [4.78, 5) is 0. The second kappa shape index (κ2) is 10.9. The molecular weight excluding hydrogens is 500 g/mol. The Morgan fingerprint density at radius 2 is 1.70 bits per heavy atom. The van der Waals surface area contributed by atoms with E-state index in [2.05, 4.69) is 25.0 Å². The highest BCUT2D eigenvalue weighted by Crippen LogP contribution is 2.68. The van der Waals surface area contributed by atoms with E-state index in [-0.39, 0.29) is 52.4 Å². The van der Waals surface area contributed by atoms with Crippen LogP contribution in [0.1, 0.15) is 78.6 Å². The van der Waals surface area contributed by atoms with Gasteiger partial charge in [0.05, 0.1) is 37.6 Å². The number of hydrogen-bond donors (Lipinski definition) is 6. The third-order valence-electron chi connectivity index (χ3n) is 11.6. The summed E-state index contributed by atoms with van der Waals surface area (Å²) in [6.45, 7) is 5.67. The van der Waals surface area contributed by atoms with Crippen molar-refractivity contribution in [2.75, 3.05) is 13.2 Å². The Kier molecular flexibility index (Phi) is 8.75. The van der Waals surface area contributed by atoms with E-state index >= 15 is 0 Å². The molecule has 13 atom stereocenters. The number of fused-ring (bicyclic) bond motifs is 5. The number of aliphatic hydroxyl groups is 5. The van der Waals surface area contributed by atoms with Crippen LogP contribution in [-0.2, 0) is 14.6 Å². The Labute approximate surface area is 221 Å². The molecule has 0 spiro atoms. The minimum absolute atomic E-state index is 0.0304. The lowest BCUT2D eigenvalue weighted by molar-refractivity contribution is -0.207. The molecular formula is C27H48O9S. The molecule has 4 aliphatic carbocycles. The third kappa shape index (κ3) is 5.51. The van der Waals surface area contributed by atoms with Gasteiger partial charge in [-0.2, -0.15) is 8.42 Å². The van der Waals surface area contributed by atoms with Gasteiger partial charge >= 0.3 is 10.4 Å². The van der Waals surface area contributed by atoms with Gasteiger partial charge in [0.15, 0.2) is 0 Å². The monoisotopic (exact) mass is 548 g/mol. The molecule has 0 radical (unpaired) electrons. The van der Waals surface area contributed by atoms with Crippen molar-refractivity contribution in [1.82, 2.24) is 0 Å². The Bertz CT molecular complexity index is 898. The Balaban J connectivity index is 1.45. The van der Waals surface area contributed by atoms with E-state index in [1.54, 1.807) is 0 Å². The van der Waals surface area contributed by atoms with Crippen LogP contribution in [0.5, 0.6) is 0 Å². The molecule has 9 nitrogen and oxygen atoms in total. The van der Waals surface area contributed by atoms with E-state index in [1.165, 1.54) is 0 Å². The molecule has 4 aliphatic rings. The molecule has 6 N–H and O–H groups in total. The van der Waals surface area contributed by atoms with Crippen LogP contribution in [-0.4, -0.2) is 76.1 Å². The van der Waals surface area contributed by atoms with Gasteiger partial charge in [-0.3, -0.25) is 4.55 Å². The molecule has 0 aliphatic heterocycles. The second-order valence-electron chi connectivity index (χ2n) is 13.3. The normalized spacial score (nSPS) is 46.4. The highest BCUT2D eigenvalue weighted by Gasteiger charge is 2.65. The van der Waals surface area contributed by atoms with Crippen LogP contribution in [0, 0.1) is 52.3 Å². The van der Waals surface area contributed by atoms with E-state index in [0.717, 1.165) is 38.5 Å². The van der Waals surface area contributed by atoms with Crippen LogP contribution < -0.4 is 0 Å². The minimum atomic E-state index is -4.65. The van der Waals surface area contributed by atoms with Gasteiger partial charge in [0.2, 0.25) is 0 Å². The molecule has 2 unspecified atom stereocenters. The Hall–Kier alpha value is -0.330. The lowest BCUT2D eigenvalue weighted by atomic mass is 9.43. The van der Waals surface area contributed by atoms with Crippen LogP contribution in [0.25, 0.3) is 0 Å². The first-order valence-corrected chi connectivity index (χ1v) is 15.5. The van der Waals surface area contributed by atoms with Crippen molar-refractivity contribution in [3.05, 3.63) is 0 Å². The van der Waals surface area contributed by atoms with Gasteiger partial charge in [-0.05, 0) is 104 Å². The first-order valence-electron chi connectivity index (χ1n) is 14.2. The van der Waals surface area contributed by atoms with Crippen LogP contribution >= 0.6 is 0 Å². The fourth-order valence-electron chi connectivity index (χ4n) is 9.46. The van der Waals surface area contributed by atoms with Crippen LogP contribution in [0.15, 0.2) is 0 Å². The summed E-state index contributed by atoms with van der Waals surface area (Å²) >= 11 is 0. The Morgan fingerprint density at radius 3 is 2.35 bits per heavy atom. The van der Waals surface area contributed by atoms with E-state index in [0.29, 0.717) is 19.3 Å². The lowest BCUT2D eigenvalue weighted by Crippen LogP contribution is -2.62. The zero-order valence-corrected chi connectivity index (χ0v) is 23.3. The van der Waals surface area contributed by atoms with Gasteiger partial charge in [-0.1, -0.05) is 20.8 Å². The molecule has 0 aromatic heterocycles. The molecule has 0 bridgehead atoms. The summed E-state index contributed by atoms with van der Waals surface area (Å²) in [5.41, 5.74) is -0.309. The lowest BCUT2D eigenvalue weighted by Gasteiger charge is -2.63. The predicted octanol–water partition coefficient (Wildman–Crippen LogP) is 2.15. The van der Waals surface area contributed by atoms with Crippen LogP contribution in [0.4, 0.5) is 0 Å². The maximum atomic E-state index is 11.7. The maximum absolute atomic E-state index is 11.7. The van der Waals surface area contributed by atoms with Gasteiger partial charge in [0.1, 0.15) is 0 Å². The fraction of sp³-hybridized carbons (Fsp3) is 1.00. The molecule has 0 heterocycles. The molecule has 37 heavy (non-hydrogen) atoms. The summed E-state index contributed by atoms with van der Waals surface area (Å²) in [7, 11) is -4.65. The van der Waals surface area contributed by atoms with Crippen molar-refractivity contribution < 1.29 is 42.7 Å². The molecule has 0 amide bonds. The molecule has 0 saturated heterocycles. The summed E-state index contributed by atoms with van der Waals surface area (Å²) in [6.07, 6.45) is 4.54. The molecule has 0 aromatic carbocycles. The molecule has 216 valence electrons. The first-order chi connectivity index (χ1) is 17.2. The van der Waals surface area contributed by atoms with E-state index in [1.807, 2.05) is 0 Å². The standard InChI is InChI=1S/C27H48O9S/c1-15(4-7-22(30)16(13-28)14-36-37(33,34)35)19-5-6-20-25-21(12-24(32)27(19,20)3)26(2)9-8-18(29)10-17(26)11-23(25)31/h15-25,28-32H,4-14H2,1-3H3,(H,33,34,35)/t15-,16?,17+,18-,19-,20+,21+,22?,23-,24+,25+,26+,27-/m1/s1. The quantitative estimate of drug-likeness (QED) is 0.237. The van der Waals surface area contributed by atoms with Crippen molar-refractivity contribution in [3.8, 4) is 0 Å². The number of hydrogen-bond acceptors (Lipinski definition) is 8. The van der Waals surface area contributed by atoms with E-state index in [9.17, 15) is 34.0 Å². The fourth-order valence-corrected chi connectivity index (χ4v) is 9.81. The van der Waals surface area contributed by atoms with Crippen molar-refractivity contribution in [2.24, 2.45) is 52.3 Å². The number of rotatable bonds is 9. The largest absolute Gasteiger partial charge is 0.397 e. The van der Waals surface area contributed by atoms with E-state index < -0.39 is 47.8 Å². The maximum Gasteiger partial charge on any atom is 0.397 e. The summed E-state index contributed by atoms with van der Waals surface area (Å²) in [6, 6.07) is 0. The average molecular weight is 549 g/mol. The summed E-state index contributed by atoms with van der Waals surface area (Å²) in [5.74, 6) is 0.439. The summed E-state index contributed by atoms with van der Waals surface area (Å²) in [5, 5.41) is 53.5. The highest BCUT2D eigenvalue weighted by molar-refractivity contribution is 7.80. The first kappa shape index (κ1) is 29.6. The highest BCUT2D eigenvalue weighted by atomic mass is 32.3. The Morgan fingerprint density at radius 1 is 1.00 bits per heavy atom. The van der Waals surface area contributed by atoms with Crippen molar-refractivity contribution in [1.29, 1.82) is 0 Å². The third-order valence-corrected chi connectivity index (χ3v) is 12.1. The topological polar surface area (TPSA) is 165 Å².